The van der Waals surface area contributed by atoms with Gasteiger partial charge in [-0.25, -0.2) is 8.42 Å². The largest absolute Gasteiger partial charge is 0.326 e. The number of sulfonamides is 1. The van der Waals surface area contributed by atoms with Crippen LogP contribution < -0.4 is 5.32 Å². The van der Waals surface area contributed by atoms with Gasteiger partial charge in [-0.15, -0.1) is 0 Å². The molecule has 0 atom stereocenters. The average molecular weight is 322 g/mol. The minimum Gasteiger partial charge on any atom is -0.326 e. The van der Waals surface area contributed by atoms with Crippen LogP contribution in [-0.2, 0) is 27.8 Å². The first kappa shape index (κ1) is 15.5. The number of benzene rings is 1. The molecule has 1 amide bonds. The number of fused-ring (bicyclic) bond motifs is 1. The van der Waals surface area contributed by atoms with Gasteiger partial charge in [-0.3, -0.25) is 4.79 Å². The Hall–Kier alpha value is -1.40. The van der Waals surface area contributed by atoms with Gasteiger partial charge in [-0.2, -0.15) is 4.31 Å². The van der Waals surface area contributed by atoms with Gasteiger partial charge in [0.15, 0.2) is 0 Å². The predicted octanol–water partition coefficient (Wildman–Crippen LogP) is 2.13. The number of hydrogen-bond acceptors (Lipinski definition) is 3. The number of hydrogen-bond donors (Lipinski definition) is 1. The summed E-state index contributed by atoms with van der Waals surface area (Å²) in [6.45, 7) is 2.83. The average Bonchev–Trinajstić information content (AvgIpc) is 3.31. The van der Waals surface area contributed by atoms with Gasteiger partial charge in [0.25, 0.3) is 0 Å². The maximum absolute atomic E-state index is 12.2. The minimum atomic E-state index is -3.17. The smallest absolute Gasteiger partial charge is 0.227 e. The van der Waals surface area contributed by atoms with Crippen molar-refractivity contribution in [1.29, 1.82) is 0 Å². The lowest BCUT2D eigenvalue weighted by atomic mass is 10.0. The summed E-state index contributed by atoms with van der Waals surface area (Å²) in [6, 6.07) is 5.83. The van der Waals surface area contributed by atoms with Gasteiger partial charge in [0.2, 0.25) is 15.9 Å². The number of carbonyl (C=O) groups is 1. The molecule has 1 aromatic rings. The SMILES string of the molecule is CCCS(=O)(=O)N1CCc2ccc(NC(=O)C3CC3)cc2C1. The highest BCUT2D eigenvalue weighted by atomic mass is 32.2. The van der Waals surface area contributed by atoms with Crippen molar-refractivity contribution in [1.82, 2.24) is 4.31 Å². The molecule has 120 valence electrons. The predicted molar refractivity (Wildman–Crippen MR) is 86.0 cm³/mol. The summed E-state index contributed by atoms with van der Waals surface area (Å²) in [4.78, 5) is 11.8. The number of carbonyl (C=O) groups excluding carboxylic acids is 1. The Morgan fingerprint density at radius 1 is 1.32 bits per heavy atom. The van der Waals surface area contributed by atoms with Crippen molar-refractivity contribution < 1.29 is 13.2 Å². The van der Waals surface area contributed by atoms with Crippen LogP contribution in [0.3, 0.4) is 0 Å². The zero-order chi connectivity index (χ0) is 15.7. The molecule has 1 aliphatic heterocycles. The Morgan fingerprint density at radius 2 is 2.09 bits per heavy atom. The summed E-state index contributed by atoms with van der Waals surface area (Å²) in [6.07, 6.45) is 3.30. The summed E-state index contributed by atoms with van der Waals surface area (Å²) in [5.74, 6) is 0.434. The first-order valence-corrected chi connectivity index (χ1v) is 9.51. The lowest BCUT2D eigenvalue weighted by molar-refractivity contribution is -0.117. The second-order valence-corrected chi connectivity index (χ2v) is 8.24. The zero-order valence-electron chi connectivity index (χ0n) is 12.8. The van der Waals surface area contributed by atoms with E-state index >= 15 is 0 Å². The molecule has 1 heterocycles. The van der Waals surface area contributed by atoms with Crippen LogP contribution in [0.2, 0.25) is 0 Å². The van der Waals surface area contributed by atoms with Crippen LogP contribution in [0.4, 0.5) is 5.69 Å². The van der Waals surface area contributed by atoms with E-state index in [4.69, 9.17) is 0 Å². The van der Waals surface area contributed by atoms with E-state index in [1.54, 1.807) is 4.31 Å². The topological polar surface area (TPSA) is 66.5 Å². The van der Waals surface area contributed by atoms with Crippen LogP contribution >= 0.6 is 0 Å². The van der Waals surface area contributed by atoms with Crippen molar-refractivity contribution >= 4 is 21.6 Å². The van der Waals surface area contributed by atoms with E-state index < -0.39 is 10.0 Å². The molecule has 1 saturated carbocycles. The standard InChI is InChI=1S/C16H22N2O3S/c1-2-9-22(20,21)18-8-7-12-5-6-15(10-14(12)11-18)17-16(19)13-3-4-13/h5-6,10,13H,2-4,7-9,11H2,1H3,(H,17,19). The molecule has 0 spiro atoms. The lowest BCUT2D eigenvalue weighted by Crippen LogP contribution is -2.37. The molecule has 6 heteroatoms. The monoisotopic (exact) mass is 322 g/mol. The van der Waals surface area contributed by atoms with Gasteiger partial charge >= 0.3 is 0 Å². The number of nitrogens with one attached hydrogen (secondary N) is 1. The molecule has 0 saturated heterocycles. The normalized spacial score (nSPS) is 18.8. The number of amides is 1. The second kappa shape index (κ2) is 6.01. The van der Waals surface area contributed by atoms with Crippen molar-refractivity contribution in [2.75, 3.05) is 17.6 Å². The molecule has 2 aliphatic rings. The Bertz CT molecular complexity index is 681. The fourth-order valence-electron chi connectivity index (χ4n) is 2.82. The van der Waals surface area contributed by atoms with Gasteiger partial charge < -0.3 is 5.32 Å². The van der Waals surface area contributed by atoms with E-state index in [0.29, 0.717) is 19.5 Å². The molecular formula is C16H22N2O3S. The first-order chi connectivity index (χ1) is 10.5. The molecule has 5 nitrogen and oxygen atoms in total. The molecule has 3 rings (SSSR count). The van der Waals surface area contributed by atoms with Crippen LogP contribution in [0.1, 0.15) is 37.3 Å². The third-order valence-electron chi connectivity index (χ3n) is 4.25. The fraction of sp³-hybridized carbons (Fsp3) is 0.562. The van der Waals surface area contributed by atoms with Crippen molar-refractivity contribution in [3.63, 3.8) is 0 Å². The van der Waals surface area contributed by atoms with Gasteiger partial charge in [0.1, 0.15) is 0 Å². The van der Waals surface area contributed by atoms with Crippen molar-refractivity contribution in [2.45, 2.75) is 39.2 Å². The number of rotatable bonds is 5. The summed E-state index contributed by atoms with van der Waals surface area (Å²) >= 11 is 0. The Morgan fingerprint density at radius 3 is 2.77 bits per heavy atom. The maximum Gasteiger partial charge on any atom is 0.227 e. The lowest BCUT2D eigenvalue weighted by Gasteiger charge is -2.28. The third kappa shape index (κ3) is 3.33. The highest BCUT2D eigenvalue weighted by molar-refractivity contribution is 7.89. The van der Waals surface area contributed by atoms with E-state index in [1.165, 1.54) is 5.56 Å². The fourth-order valence-corrected chi connectivity index (χ4v) is 4.30. The van der Waals surface area contributed by atoms with Crippen molar-refractivity contribution in [3.8, 4) is 0 Å². The summed E-state index contributed by atoms with van der Waals surface area (Å²) in [5, 5.41) is 2.93. The first-order valence-electron chi connectivity index (χ1n) is 7.90. The number of anilines is 1. The molecule has 22 heavy (non-hydrogen) atoms. The van der Waals surface area contributed by atoms with E-state index in [1.807, 2.05) is 25.1 Å². The molecule has 1 N–H and O–H groups in total. The van der Waals surface area contributed by atoms with Crippen molar-refractivity contribution in [3.05, 3.63) is 29.3 Å². The zero-order valence-corrected chi connectivity index (χ0v) is 13.7. The second-order valence-electron chi connectivity index (χ2n) is 6.15. The van der Waals surface area contributed by atoms with Gasteiger partial charge in [-0.1, -0.05) is 13.0 Å². The highest BCUT2D eigenvalue weighted by Crippen LogP contribution is 2.31. The van der Waals surface area contributed by atoms with Crippen LogP contribution in [-0.4, -0.2) is 30.9 Å². The molecule has 1 aliphatic carbocycles. The number of nitrogens with zero attached hydrogens (tertiary/aromatic N) is 1. The van der Waals surface area contributed by atoms with Crippen LogP contribution in [0.25, 0.3) is 0 Å². The molecule has 0 aromatic heterocycles. The molecule has 0 bridgehead atoms. The summed E-state index contributed by atoms with van der Waals surface area (Å²) < 4.78 is 26.0. The maximum atomic E-state index is 12.2. The highest BCUT2D eigenvalue weighted by Gasteiger charge is 2.30. The molecule has 0 unspecified atom stereocenters. The van der Waals surface area contributed by atoms with E-state index in [0.717, 1.165) is 30.5 Å². The Kier molecular flexibility index (Phi) is 4.23. The van der Waals surface area contributed by atoms with Gasteiger partial charge in [0.05, 0.1) is 5.75 Å². The van der Waals surface area contributed by atoms with Crippen LogP contribution in [0.15, 0.2) is 18.2 Å². The quantitative estimate of drug-likeness (QED) is 0.903. The van der Waals surface area contributed by atoms with Gasteiger partial charge in [-0.05, 0) is 48.9 Å². The molecule has 0 radical (unpaired) electrons. The van der Waals surface area contributed by atoms with Crippen molar-refractivity contribution in [2.24, 2.45) is 5.92 Å². The third-order valence-corrected chi connectivity index (χ3v) is 6.28. The van der Waals surface area contributed by atoms with E-state index in [9.17, 15) is 13.2 Å². The van der Waals surface area contributed by atoms with E-state index in [2.05, 4.69) is 5.32 Å². The van der Waals surface area contributed by atoms with Crippen LogP contribution in [0.5, 0.6) is 0 Å². The van der Waals surface area contributed by atoms with Crippen LogP contribution in [0, 0.1) is 5.92 Å². The minimum absolute atomic E-state index is 0.0752. The molecular weight excluding hydrogens is 300 g/mol. The Balaban J connectivity index is 1.75. The van der Waals surface area contributed by atoms with Gasteiger partial charge in [0, 0.05) is 24.7 Å². The molecule has 1 fully saturated rings. The molecule has 1 aromatic carbocycles. The van der Waals surface area contributed by atoms with E-state index in [-0.39, 0.29) is 17.6 Å². The summed E-state index contributed by atoms with van der Waals surface area (Å²) in [5.41, 5.74) is 2.94. The Labute approximate surface area is 131 Å². The summed E-state index contributed by atoms with van der Waals surface area (Å²) in [7, 11) is -3.17.